The minimum Gasteiger partial charge on any atom is -0.487 e. The number of ether oxygens (including phenoxy) is 4. The Morgan fingerprint density at radius 2 is 2.02 bits per heavy atom. The first-order chi connectivity index (χ1) is 20.8. The van der Waals surface area contributed by atoms with Crippen LogP contribution in [-0.4, -0.2) is 65.1 Å². The molecule has 220 valence electrons. The van der Waals surface area contributed by atoms with Crippen molar-refractivity contribution in [3.63, 3.8) is 0 Å². The highest BCUT2D eigenvalue weighted by atomic mass is 32.1. The predicted molar refractivity (Wildman–Crippen MR) is 157 cm³/mol. The maximum absolute atomic E-state index is 14.9. The molecule has 1 N–H and O–H groups in total. The molecule has 1 aliphatic heterocycles. The molecule has 5 aromatic rings. The highest BCUT2D eigenvalue weighted by Crippen LogP contribution is 2.37. The standard InChI is InChI=1S/C29H25FN6O6S/c1-15-8-18(26-21(9-15)34-25(39-3)13-32-26)27-35-20-10-19(30)22(11-23(20)43-27)41-14-16(2)42-28(37)33-17-4-5-24(31-12-17)36-6-7-40-29(36)38/h4-5,8-13,16H,6-7,14H2,1-3H3,(H,33,37)/t16-/m1/s1. The number of carbonyl (C=O) groups excluding carboxylic acids is 2. The number of halogens is 1. The van der Waals surface area contributed by atoms with Crippen molar-refractivity contribution >= 4 is 56.3 Å². The van der Waals surface area contributed by atoms with E-state index >= 15 is 0 Å². The van der Waals surface area contributed by atoms with Gasteiger partial charge in [-0.2, -0.15) is 0 Å². The summed E-state index contributed by atoms with van der Waals surface area (Å²) in [5.74, 6) is 0.244. The van der Waals surface area contributed by atoms with Crippen molar-refractivity contribution in [3.05, 3.63) is 60.2 Å². The van der Waals surface area contributed by atoms with Gasteiger partial charge in [-0.1, -0.05) is 0 Å². The Hall–Kier alpha value is -5.11. The summed E-state index contributed by atoms with van der Waals surface area (Å²) >= 11 is 1.38. The lowest BCUT2D eigenvalue weighted by molar-refractivity contribution is 0.0844. The summed E-state index contributed by atoms with van der Waals surface area (Å²) in [5.41, 5.74) is 3.94. The Labute approximate surface area is 248 Å². The summed E-state index contributed by atoms with van der Waals surface area (Å²) in [6.45, 7) is 4.20. The zero-order valence-electron chi connectivity index (χ0n) is 23.3. The van der Waals surface area contributed by atoms with E-state index < -0.39 is 24.1 Å². The molecule has 3 aromatic heterocycles. The van der Waals surface area contributed by atoms with Gasteiger partial charge in [0.1, 0.15) is 30.1 Å². The van der Waals surface area contributed by atoms with E-state index in [0.29, 0.717) is 56.8 Å². The predicted octanol–water partition coefficient (Wildman–Crippen LogP) is 5.73. The second kappa shape index (κ2) is 11.6. The Bertz CT molecular complexity index is 1850. The van der Waals surface area contributed by atoms with E-state index in [4.69, 9.17) is 18.9 Å². The second-order valence-electron chi connectivity index (χ2n) is 9.68. The van der Waals surface area contributed by atoms with Gasteiger partial charge in [0.25, 0.3) is 0 Å². The third kappa shape index (κ3) is 5.95. The number of amides is 2. The molecule has 0 spiro atoms. The topological polar surface area (TPSA) is 138 Å². The molecule has 6 rings (SSSR count). The molecular formula is C29H25FN6O6S. The van der Waals surface area contributed by atoms with Crippen LogP contribution in [0.2, 0.25) is 0 Å². The number of hydrogen-bond donors (Lipinski definition) is 1. The van der Waals surface area contributed by atoms with Gasteiger partial charge in [-0.3, -0.25) is 10.2 Å². The van der Waals surface area contributed by atoms with Crippen molar-refractivity contribution in [1.29, 1.82) is 0 Å². The number of hydrogen-bond acceptors (Lipinski definition) is 11. The number of carbonyl (C=O) groups is 2. The Morgan fingerprint density at radius 1 is 1.16 bits per heavy atom. The van der Waals surface area contributed by atoms with Crippen LogP contribution in [0.25, 0.3) is 31.8 Å². The zero-order valence-corrected chi connectivity index (χ0v) is 24.1. The number of benzene rings is 2. The lowest BCUT2D eigenvalue weighted by Gasteiger charge is -2.16. The summed E-state index contributed by atoms with van der Waals surface area (Å²) in [6.07, 6.45) is 1.04. The Balaban J connectivity index is 1.10. The first-order valence-corrected chi connectivity index (χ1v) is 14.0. The number of nitrogens with zero attached hydrogens (tertiary/aromatic N) is 5. The molecule has 1 aliphatic rings. The van der Waals surface area contributed by atoms with Crippen LogP contribution in [0.3, 0.4) is 0 Å². The van der Waals surface area contributed by atoms with Crippen molar-refractivity contribution in [1.82, 2.24) is 19.9 Å². The lowest BCUT2D eigenvalue weighted by Crippen LogP contribution is -2.26. The smallest absolute Gasteiger partial charge is 0.415 e. The zero-order chi connectivity index (χ0) is 30.1. The highest BCUT2D eigenvalue weighted by Gasteiger charge is 2.24. The Morgan fingerprint density at radius 3 is 2.77 bits per heavy atom. The van der Waals surface area contributed by atoms with Crippen LogP contribution in [0.1, 0.15) is 12.5 Å². The van der Waals surface area contributed by atoms with E-state index in [-0.39, 0.29) is 12.4 Å². The van der Waals surface area contributed by atoms with Crippen molar-refractivity contribution in [2.75, 3.05) is 37.1 Å². The van der Waals surface area contributed by atoms with Crippen LogP contribution in [0.15, 0.2) is 48.8 Å². The molecule has 0 radical (unpaired) electrons. The number of pyridine rings is 1. The van der Waals surface area contributed by atoms with Gasteiger partial charge in [-0.05, 0) is 43.7 Å². The molecule has 2 amide bonds. The lowest BCUT2D eigenvalue weighted by atomic mass is 10.1. The number of thiazole rings is 1. The number of rotatable bonds is 8. The van der Waals surface area contributed by atoms with Crippen molar-refractivity contribution in [2.24, 2.45) is 0 Å². The summed E-state index contributed by atoms with van der Waals surface area (Å²) < 4.78 is 36.8. The molecule has 0 aliphatic carbocycles. The van der Waals surface area contributed by atoms with E-state index in [1.807, 2.05) is 19.1 Å². The van der Waals surface area contributed by atoms with E-state index in [1.54, 1.807) is 31.3 Å². The number of aromatic nitrogens is 4. The summed E-state index contributed by atoms with van der Waals surface area (Å²) in [5, 5.41) is 3.23. The molecule has 0 saturated carbocycles. The Kier molecular flexibility index (Phi) is 7.59. The van der Waals surface area contributed by atoms with Gasteiger partial charge in [0.05, 0.1) is 53.0 Å². The maximum Gasteiger partial charge on any atom is 0.415 e. The molecule has 0 unspecified atom stereocenters. The molecule has 12 nitrogen and oxygen atoms in total. The van der Waals surface area contributed by atoms with Crippen LogP contribution in [-0.2, 0) is 9.47 Å². The molecule has 2 aromatic carbocycles. The number of methoxy groups -OCH3 is 1. The van der Waals surface area contributed by atoms with E-state index in [9.17, 15) is 14.0 Å². The van der Waals surface area contributed by atoms with E-state index in [1.165, 1.54) is 35.6 Å². The molecule has 1 saturated heterocycles. The van der Waals surface area contributed by atoms with Gasteiger partial charge >= 0.3 is 12.2 Å². The number of aryl methyl sites for hydroxylation is 1. The third-order valence-corrected chi connectivity index (χ3v) is 7.52. The van der Waals surface area contributed by atoms with Crippen LogP contribution >= 0.6 is 11.3 Å². The molecule has 1 fully saturated rings. The van der Waals surface area contributed by atoms with Crippen molar-refractivity contribution in [2.45, 2.75) is 20.0 Å². The van der Waals surface area contributed by atoms with Gasteiger partial charge in [0.15, 0.2) is 11.6 Å². The highest BCUT2D eigenvalue weighted by molar-refractivity contribution is 7.21. The van der Waals surface area contributed by atoms with Crippen LogP contribution in [0.5, 0.6) is 11.6 Å². The van der Waals surface area contributed by atoms with Crippen LogP contribution < -0.4 is 19.7 Å². The van der Waals surface area contributed by atoms with E-state index in [2.05, 4.69) is 25.3 Å². The normalized spacial score (nSPS) is 13.7. The number of fused-ring (bicyclic) bond motifs is 2. The van der Waals surface area contributed by atoms with Gasteiger partial charge in [0, 0.05) is 17.7 Å². The van der Waals surface area contributed by atoms with Crippen LogP contribution in [0.4, 0.5) is 25.5 Å². The van der Waals surface area contributed by atoms with E-state index in [0.717, 1.165) is 11.1 Å². The third-order valence-electron chi connectivity index (χ3n) is 6.46. The maximum atomic E-state index is 14.9. The SMILES string of the molecule is COc1cnc2c(-c3nc4cc(F)c(OC[C@@H](C)OC(=O)Nc5ccc(N6CCOC6=O)nc5)cc4s3)cc(C)cc2n1. The first-order valence-electron chi connectivity index (χ1n) is 13.2. The average molecular weight is 605 g/mol. The first kappa shape index (κ1) is 28.0. The molecule has 4 heterocycles. The number of anilines is 2. The molecule has 0 bridgehead atoms. The molecule has 1 atom stereocenters. The number of cyclic esters (lactones) is 1. The van der Waals surface area contributed by atoms with Gasteiger partial charge < -0.3 is 18.9 Å². The van der Waals surface area contributed by atoms with Gasteiger partial charge in [-0.25, -0.2) is 33.9 Å². The fourth-order valence-corrected chi connectivity index (χ4v) is 5.45. The van der Waals surface area contributed by atoms with Crippen molar-refractivity contribution in [3.8, 4) is 22.2 Å². The quantitative estimate of drug-likeness (QED) is 0.234. The summed E-state index contributed by atoms with van der Waals surface area (Å²) in [7, 11) is 1.53. The van der Waals surface area contributed by atoms with Gasteiger partial charge in [-0.15, -0.1) is 11.3 Å². The molecule has 43 heavy (non-hydrogen) atoms. The summed E-state index contributed by atoms with van der Waals surface area (Å²) in [4.78, 5) is 43.2. The fourth-order valence-electron chi connectivity index (χ4n) is 4.46. The fraction of sp³-hybridized carbons (Fsp3) is 0.241. The second-order valence-corrected chi connectivity index (χ2v) is 10.7. The minimum atomic E-state index is -0.736. The molecule has 14 heteroatoms. The number of nitrogens with one attached hydrogen (secondary N) is 1. The average Bonchev–Trinajstić information content (AvgIpc) is 3.61. The monoisotopic (exact) mass is 604 g/mol. The van der Waals surface area contributed by atoms with Crippen molar-refractivity contribution < 1.29 is 32.9 Å². The minimum absolute atomic E-state index is 0.0115. The van der Waals surface area contributed by atoms with Crippen LogP contribution in [0, 0.1) is 12.7 Å². The largest absolute Gasteiger partial charge is 0.487 e. The molecular weight excluding hydrogens is 579 g/mol. The van der Waals surface area contributed by atoms with Gasteiger partial charge in [0.2, 0.25) is 5.88 Å². The summed E-state index contributed by atoms with van der Waals surface area (Å²) in [6, 6.07) is 9.95.